The van der Waals surface area contributed by atoms with Crippen molar-refractivity contribution < 1.29 is 0 Å². The van der Waals surface area contributed by atoms with Gasteiger partial charge >= 0.3 is 0 Å². The van der Waals surface area contributed by atoms with E-state index in [2.05, 4.69) is 53.4 Å². The molecule has 0 spiro atoms. The SMILES string of the molecule is Clc1ccc(-c2nc(N3CC[C@H](c4ccccc4)C3)c3ccccc3n2)cc1. The van der Waals surface area contributed by atoms with E-state index < -0.39 is 0 Å². The molecule has 0 saturated carbocycles. The number of aromatic nitrogens is 2. The molecule has 3 nitrogen and oxygen atoms in total. The molecule has 1 atom stereocenters. The van der Waals surface area contributed by atoms with Crippen LogP contribution in [0.1, 0.15) is 17.9 Å². The maximum absolute atomic E-state index is 6.05. The van der Waals surface area contributed by atoms with Gasteiger partial charge in [0, 0.05) is 35.0 Å². The Hall–Kier alpha value is -2.91. The monoisotopic (exact) mass is 385 g/mol. The van der Waals surface area contributed by atoms with E-state index in [4.69, 9.17) is 21.6 Å². The third kappa shape index (κ3) is 3.23. The van der Waals surface area contributed by atoms with Gasteiger partial charge in [0.2, 0.25) is 0 Å². The van der Waals surface area contributed by atoms with Crippen LogP contribution >= 0.6 is 11.6 Å². The zero-order chi connectivity index (χ0) is 18.9. The lowest BCUT2D eigenvalue weighted by atomic mass is 9.99. The molecule has 1 fully saturated rings. The highest BCUT2D eigenvalue weighted by Crippen LogP contribution is 2.34. The highest BCUT2D eigenvalue weighted by molar-refractivity contribution is 6.30. The summed E-state index contributed by atoms with van der Waals surface area (Å²) in [6.45, 7) is 1.98. The van der Waals surface area contributed by atoms with Crippen LogP contribution in [-0.4, -0.2) is 23.1 Å². The summed E-state index contributed by atoms with van der Waals surface area (Å²) >= 11 is 6.05. The number of rotatable bonds is 3. The van der Waals surface area contributed by atoms with Gasteiger partial charge in [-0.25, -0.2) is 9.97 Å². The molecule has 138 valence electrons. The van der Waals surface area contributed by atoms with Gasteiger partial charge in [-0.3, -0.25) is 0 Å². The summed E-state index contributed by atoms with van der Waals surface area (Å²) in [4.78, 5) is 12.2. The summed E-state index contributed by atoms with van der Waals surface area (Å²) in [5.74, 6) is 2.30. The maximum atomic E-state index is 6.05. The molecule has 0 radical (unpaired) electrons. The number of hydrogen-bond acceptors (Lipinski definition) is 3. The standard InChI is InChI=1S/C24H20ClN3/c25-20-12-10-18(11-13-20)23-26-22-9-5-4-8-21(22)24(27-23)28-15-14-19(16-28)17-6-2-1-3-7-17/h1-13,19H,14-16H2/t19-/m0/s1. The minimum atomic E-state index is 0.536. The van der Waals surface area contributed by atoms with Gasteiger partial charge in [-0.05, 0) is 48.4 Å². The number of fused-ring (bicyclic) bond motifs is 1. The second-order valence-corrected chi connectivity index (χ2v) is 7.67. The molecule has 3 aromatic carbocycles. The number of benzene rings is 3. The average Bonchev–Trinajstić information content (AvgIpc) is 3.24. The normalized spacial score (nSPS) is 16.6. The Labute approximate surface area is 169 Å². The largest absolute Gasteiger partial charge is 0.355 e. The summed E-state index contributed by atoms with van der Waals surface area (Å²) in [5.41, 5.74) is 3.36. The van der Waals surface area contributed by atoms with Crippen molar-refractivity contribution in [2.24, 2.45) is 0 Å². The molecule has 1 aliphatic rings. The summed E-state index contributed by atoms with van der Waals surface area (Å²) in [6, 6.07) is 26.8. The number of hydrogen-bond donors (Lipinski definition) is 0. The summed E-state index contributed by atoms with van der Waals surface area (Å²) in [5, 5.41) is 1.82. The zero-order valence-corrected chi connectivity index (χ0v) is 16.2. The predicted molar refractivity (Wildman–Crippen MR) is 116 cm³/mol. The molecule has 0 bridgehead atoms. The van der Waals surface area contributed by atoms with Crippen molar-refractivity contribution in [1.82, 2.24) is 9.97 Å². The molecular weight excluding hydrogens is 366 g/mol. The van der Waals surface area contributed by atoms with Crippen LogP contribution in [0.3, 0.4) is 0 Å². The van der Waals surface area contributed by atoms with Crippen molar-refractivity contribution in [2.75, 3.05) is 18.0 Å². The first kappa shape index (κ1) is 17.2. The third-order valence-electron chi connectivity index (χ3n) is 5.44. The van der Waals surface area contributed by atoms with Crippen LogP contribution in [0.25, 0.3) is 22.3 Å². The Morgan fingerprint density at radius 3 is 2.39 bits per heavy atom. The van der Waals surface area contributed by atoms with Crippen LogP contribution < -0.4 is 4.90 Å². The molecule has 0 N–H and O–H groups in total. The van der Waals surface area contributed by atoms with Crippen LogP contribution in [0.15, 0.2) is 78.9 Å². The van der Waals surface area contributed by atoms with E-state index in [0.29, 0.717) is 5.92 Å². The summed E-state index contributed by atoms with van der Waals surface area (Å²) in [6.07, 6.45) is 1.14. The van der Waals surface area contributed by atoms with Crippen molar-refractivity contribution >= 4 is 28.3 Å². The van der Waals surface area contributed by atoms with Gasteiger partial charge in [0.15, 0.2) is 5.82 Å². The predicted octanol–water partition coefficient (Wildman–Crippen LogP) is 5.94. The molecule has 1 aromatic heterocycles. The Bertz CT molecular complexity index is 1110. The quantitative estimate of drug-likeness (QED) is 0.436. The Morgan fingerprint density at radius 2 is 1.57 bits per heavy atom. The van der Waals surface area contributed by atoms with Crippen molar-refractivity contribution in [2.45, 2.75) is 12.3 Å². The summed E-state index contributed by atoms with van der Waals surface area (Å²) in [7, 11) is 0. The summed E-state index contributed by atoms with van der Waals surface area (Å²) < 4.78 is 0. The molecule has 5 rings (SSSR count). The highest BCUT2D eigenvalue weighted by Gasteiger charge is 2.26. The molecule has 1 aliphatic heterocycles. The molecule has 28 heavy (non-hydrogen) atoms. The van der Waals surface area contributed by atoms with Crippen LogP contribution in [0, 0.1) is 0 Å². The van der Waals surface area contributed by atoms with Gasteiger partial charge < -0.3 is 4.90 Å². The average molecular weight is 386 g/mol. The van der Waals surface area contributed by atoms with Crippen molar-refractivity contribution in [1.29, 1.82) is 0 Å². The van der Waals surface area contributed by atoms with Crippen LogP contribution in [0.2, 0.25) is 5.02 Å². The third-order valence-corrected chi connectivity index (χ3v) is 5.70. The number of nitrogens with zero attached hydrogens (tertiary/aromatic N) is 3. The molecule has 4 heteroatoms. The lowest BCUT2D eigenvalue weighted by Crippen LogP contribution is -2.21. The molecular formula is C24H20ClN3. The number of halogens is 1. The molecule has 0 aliphatic carbocycles. The van der Waals surface area contributed by atoms with Crippen molar-refractivity contribution in [3.05, 3.63) is 89.4 Å². The van der Waals surface area contributed by atoms with E-state index in [1.54, 1.807) is 0 Å². The fourth-order valence-electron chi connectivity index (χ4n) is 3.98. The van der Waals surface area contributed by atoms with Crippen molar-refractivity contribution in [3.8, 4) is 11.4 Å². The minimum Gasteiger partial charge on any atom is -0.355 e. The van der Waals surface area contributed by atoms with E-state index in [9.17, 15) is 0 Å². The van der Waals surface area contributed by atoms with E-state index in [1.165, 1.54) is 5.56 Å². The lowest BCUT2D eigenvalue weighted by Gasteiger charge is -2.20. The van der Waals surface area contributed by atoms with Crippen LogP contribution in [-0.2, 0) is 0 Å². The fourth-order valence-corrected chi connectivity index (χ4v) is 4.10. The van der Waals surface area contributed by atoms with Gasteiger partial charge in [-0.15, -0.1) is 0 Å². The zero-order valence-electron chi connectivity index (χ0n) is 15.4. The topological polar surface area (TPSA) is 29.0 Å². The first-order chi connectivity index (χ1) is 13.8. The molecule has 1 saturated heterocycles. The number of anilines is 1. The number of para-hydroxylation sites is 1. The second-order valence-electron chi connectivity index (χ2n) is 7.24. The van der Waals surface area contributed by atoms with Gasteiger partial charge in [0.1, 0.15) is 5.82 Å². The molecule has 4 aromatic rings. The van der Waals surface area contributed by atoms with E-state index >= 15 is 0 Å². The lowest BCUT2D eigenvalue weighted by molar-refractivity contribution is 0.774. The Kier molecular flexibility index (Phi) is 4.46. The van der Waals surface area contributed by atoms with Gasteiger partial charge in [-0.2, -0.15) is 0 Å². The molecule has 0 unspecified atom stereocenters. The maximum Gasteiger partial charge on any atom is 0.162 e. The van der Waals surface area contributed by atoms with Gasteiger partial charge in [0.05, 0.1) is 5.52 Å². The molecule has 2 heterocycles. The van der Waals surface area contributed by atoms with Gasteiger partial charge in [0.25, 0.3) is 0 Å². The highest BCUT2D eigenvalue weighted by atomic mass is 35.5. The molecule has 0 amide bonds. The van der Waals surface area contributed by atoms with Crippen molar-refractivity contribution in [3.63, 3.8) is 0 Å². The fraction of sp³-hybridized carbons (Fsp3) is 0.167. The van der Waals surface area contributed by atoms with Crippen LogP contribution in [0.5, 0.6) is 0 Å². The van der Waals surface area contributed by atoms with E-state index in [0.717, 1.165) is 52.6 Å². The van der Waals surface area contributed by atoms with E-state index in [1.807, 2.05) is 30.3 Å². The van der Waals surface area contributed by atoms with Crippen LogP contribution in [0.4, 0.5) is 5.82 Å². The Morgan fingerprint density at radius 1 is 0.821 bits per heavy atom. The van der Waals surface area contributed by atoms with E-state index in [-0.39, 0.29) is 0 Å². The first-order valence-corrected chi connectivity index (χ1v) is 9.98. The second kappa shape index (κ2) is 7.25. The first-order valence-electron chi connectivity index (χ1n) is 9.60. The van der Waals surface area contributed by atoms with Gasteiger partial charge in [-0.1, -0.05) is 54.1 Å². The smallest absolute Gasteiger partial charge is 0.162 e. The Balaban J connectivity index is 1.56. The minimum absolute atomic E-state index is 0.536.